The molecule has 8 nitrogen and oxygen atoms in total. The summed E-state index contributed by atoms with van der Waals surface area (Å²) in [7, 11) is 0. The van der Waals surface area contributed by atoms with Gasteiger partial charge in [-0.05, 0) is 17.7 Å². The number of nitrogens with zero attached hydrogens (tertiary/aromatic N) is 4. The van der Waals surface area contributed by atoms with Crippen molar-refractivity contribution in [3.8, 4) is 0 Å². The molecule has 0 radical (unpaired) electrons. The lowest BCUT2D eigenvalue weighted by Crippen LogP contribution is -2.16. The number of rotatable bonds is 8. The molecular weight excluding hydrogens is 436 g/mol. The van der Waals surface area contributed by atoms with Crippen LogP contribution in [-0.2, 0) is 6.54 Å². The molecule has 2 heterocycles. The van der Waals surface area contributed by atoms with Crippen molar-refractivity contribution in [2.24, 2.45) is 0 Å². The molecule has 3 aromatic rings. The lowest BCUT2D eigenvalue weighted by Gasteiger charge is -2.18. The second-order valence-corrected chi connectivity index (χ2v) is 6.99. The quantitative estimate of drug-likeness (QED) is 0.415. The van der Waals surface area contributed by atoms with E-state index in [2.05, 4.69) is 41.6 Å². The van der Waals surface area contributed by atoms with E-state index in [1.165, 1.54) is 6.20 Å². The molecule has 0 amide bonds. The third-order valence-electron chi connectivity index (χ3n) is 3.71. The highest BCUT2D eigenvalue weighted by atomic mass is 79.9. The van der Waals surface area contributed by atoms with Crippen molar-refractivity contribution in [2.45, 2.75) is 12.6 Å². The van der Waals surface area contributed by atoms with Gasteiger partial charge in [0.25, 0.3) is 0 Å². The Morgan fingerprint density at radius 2 is 2.11 bits per heavy atom. The van der Waals surface area contributed by atoms with Gasteiger partial charge in [-0.1, -0.05) is 39.7 Å². The van der Waals surface area contributed by atoms with Crippen LogP contribution in [0.5, 0.6) is 0 Å². The first-order valence-corrected chi connectivity index (χ1v) is 9.32. The number of aliphatic hydroxyl groups excluding tert-OH is 2. The zero-order chi connectivity index (χ0) is 19.2. The van der Waals surface area contributed by atoms with E-state index in [9.17, 15) is 5.11 Å². The van der Waals surface area contributed by atoms with Gasteiger partial charge in [0.15, 0.2) is 5.82 Å². The summed E-state index contributed by atoms with van der Waals surface area (Å²) in [5, 5.41) is 29.3. The van der Waals surface area contributed by atoms with Gasteiger partial charge in [-0.2, -0.15) is 10.1 Å². The second-order valence-electron chi connectivity index (χ2n) is 5.67. The number of hydrogen-bond acceptors (Lipinski definition) is 7. The molecule has 0 aliphatic heterocycles. The van der Waals surface area contributed by atoms with Gasteiger partial charge in [-0.15, -0.1) is 0 Å². The third kappa shape index (κ3) is 5.16. The maximum Gasteiger partial charge on any atom is 0.229 e. The normalized spacial score (nSPS) is 12.0. The molecule has 0 bridgehead atoms. The average Bonchev–Trinajstić information content (AvgIpc) is 3.09. The summed E-state index contributed by atoms with van der Waals surface area (Å²) in [5.74, 6) is 0.729. The maximum absolute atomic E-state index is 9.77. The minimum atomic E-state index is -0.380. The fourth-order valence-electron chi connectivity index (χ4n) is 2.43. The van der Waals surface area contributed by atoms with Crippen molar-refractivity contribution in [1.82, 2.24) is 19.7 Å². The smallest absolute Gasteiger partial charge is 0.229 e. The number of anilines is 3. The van der Waals surface area contributed by atoms with Gasteiger partial charge >= 0.3 is 0 Å². The maximum atomic E-state index is 9.77. The standard InChI is InChI=1S/C17H18BrClN6O2/c18-12-3-1-2-11(6-12)15(10-27)23-16-14(19)8-20-17(24-16)22-13-7-21-25(9-13)4-5-26/h1-3,6-9,15,26-27H,4-5,10H2,(H2,20,22,23,24)/t15-/m1/s1. The number of aromatic nitrogens is 4. The minimum absolute atomic E-state index is 0.00474. The number of nitrogens with one attached hydrogen (secondary N) is 2. The van der Waals surface area contributed by atoms with Crippen molar-refractivity contribution < 1.29 is 10.2 Å². The Labute approximate surface area is 169 Å². The Bertz CT molecular complexity index is 907. The Kier molecular flexibility index (Phi) is 6.62. The molecule has 0 aliphatic carbocycles. The van der Waals surface area contributed by atoms with E-state index in [4.69, 9.17) is 16.7 Å². The van der Waals surface area contributed by atoms with Crippen LogP contribution in [0, 0.1) is 0 Å². The SMILES string of the molecule is OCCn1cc(Nc2ncc(Cl)c(N[C@H](CO)c3cccc(Br)c3)n2)cn1. The van der Waals surface area contributed by atoms with Gasteiger partial charge in [0.2, 0.25) is 5.95 Å². The van der Waals surface area contributed by atoms with Crippen LogP contribution in [0.2, 0.25) is 5.02 Å². The van der Waals surface area contributed by atoms with Crippen molar-refractivity contribution in [1.29, 1.82) is 0 Å². The second kappa shape index (κ2) is 9.14. The Balaban J connectivity index is 1.77. The molecule has 0 saturated heterocycles. The fraction of sp³-hybridized carbons (Fsp3) is 0.235. The van der Waals surface area contributed by atoms with Crippen molar-refractivity contribution >= 4 is 45.0 Å². The molecular formula is C17H18BrClN6O2. The van der Waals surface area contributed by atoms with E-state index in [0.29, 0.717) is 29.0 Å². The number of aliphatic hydroxyl groups is 2. The highest BCUT2D eigenvalue weighted by Crippen LogP contribution is 2.26. The zero-order valence-corrected chi connectivity index (χ0v) is 16.5. The topological polar surface area (TPSA) is 108 Å². The summed E-state index contributed by atoms with van der Waals surface area (Å²) >= 11 is 9.64. The largest absolute Gasteiger partial charge is 0.394 e. The van der Waals surface area contributed by atoms with Gasteiger partial charge in [0.1, 0.15) is 5.02 Å². The van der Waals surface area contributed by atoms with Crippen LogP contribution >= 0.6 is 27.5 Å². The number of halogens is 2. The van der Waals surface area contributed by atoms with Gasteiger partial charge in [-0.3, -0.25) is 4.68 Å². The molecule has 4 N–H and O–H groups in total. The first-order valence-electron chi connectivity index (χ1n) is 8.15. The molecule has 0 unspecified atom stereocenters. The van der Waals surface area contributed by atoms with E-state index in [1.807, 2.05) is 24.3 Å². The first kappa shape index (κ1) is 19.6. The van der Waals surface area contributed by atoms with Crippen LogP contribution in [0.25, 0.3) is 0 Å². The minimum Gasteiger partial charge on any atom is -0.394 e. The summed E-state index contributed by atoms with van der Waals surface area (Å²) in [6, 6.07) is 7.24. The van der Waals surface area contributed by atoms with Crippen molar-refractivity contribution in [2.75, 3.05) is 23.8 Å². The van der Waals surface area contributed by atoms with Crippen LogP contribution in [0.1, 0.15) is 11.6 Å². The molecule has 1 aromatic carbocycles. The molecule has 142 valence electrons. The van der Waals surface area contributed by atoms with E-state index in [0.717, 1.165) is 10.0 Å². The number of hydrogen-bond donors (Lipinski definition) is 4. The van der Waals surface area contributed by atoms with Gasteiger partial charge < -0.3 is 20.8 Å². The van der Waals surface area contributed by atoms with E-state index in [1.54, 1.807) is 17.1 Å². The fourth-order valence-corrected chi connectivity index (χ4v) is 3.00. The van der Waals surface area contributed by atoms with Gasteiger partial charge in [-0.25, -0.2) is 4.98 Å². The summed E-state index contributed by atoms with van der Waals surface area (Å²) in [6.07, 6.45) is 4.82. The molecule has 0 saturated carbocycles. The van der Waals surface area contributed by atoms with Crippen LogP contribution < -0.4 is 10.6 Å². The molecule has 27 heavy (non-hydrogen) atoms. The van der Waals surface area contributed by atoms with Crippen molar-refractivity contribution in [3.63, 3.8) is 0 Å². The zero-order valence-electron chi connectivity index (χ0n) is 14.2. The Morgan fingerprint density at radius 3 is 2.85 bits per heavy atom. The van der Waals surface area contributed by atoms with Crippen LogP contribution in [0.3, 0.4) is 0 Å². The number of benzene rings is 1. The molecule has 3 rings (SSSR count). The molecule has 10 heteroatoms. The highest BCUT2D eigenvalue weighted by Gasteiger charge is 2.14. The predicted octanol–water partition coefficient (Wildman–Crippen LogP) is 2.97. The summed E-state index contributed by atoms with van der Waals surface area (Å²) in [4.78, 5) is 8.54. The predicted molar refractivity (Wildman–Crippen MR) is 107 cm³/mol. The Hall–Kier alpha value is -2.20. The van der Waals surface area contributed by atoms with Gasteiger partial charge in [0, 0.05) is 10.7 Å². The summed E-state index contributed by atoms with van der Waals surface area (Å²) in [5.41, 5.74) is 1.57. The Morgan fingerprint density at radius 1 is 1.26 bits per heavy atom. The molecule has 2 aromatic heterocycles. The third-order valence-corrected chi connectivity index (χ3v) is 4.48. The monoisotopic (exact) mass is 452 g/mol. The summed E-state index contributed by atoms with van der Waals surface area (Å²) < 4.78 is 2.52. The molecule has 0 spiro atoms. The van der Waals surface area contributed by atoms with Crippen LogP contribution in [-0.4, -0.2) is 43.2 Å². The van der Waals surface area contributed by atoms with E-state index < -0.39 is 0 Å². The van der Waals surface area contributed by atoms with E-state index in [-0.39, 0.29) is 19.3 Å². The summed E-state index contributed by atoms with van der Waals surface area (Å²) in [6.45, 7) is 0.277. The van der Waals surface area contributed by atoms with Gasteiger partial charge in [0.05, 0.1) is 43.9 Å². The van der Waals surface area contributed by atoms with E-state index >= 15 is 0 Å². The molecule has 0 aliphatic rings. The lowest BCUT2D eigenvalue weighted by molar-refractivity contribution is 0.269. The average molecular weight is 454 g/mol. The first-order chi connectivity index (χ1) is 13.1. The molecule has 0 fully saturated rings. The highest BCUT2D eigenvalue weighted by molar-refractivity contribution is 9.10. The van der Waals surface area contributed by atoms with Crippen LogP contribution in [0.4, 0.5) is 17.5 Å². The molecule has 1 atom stereocenters. The van der Waals surface area contributed by atoms with Crippen LogP contribution in [0.15, 0.2) is 47.3 Å². The van der Waals surface area contributed by atoms with Crippen molar-refractivity contribution in [3.05, 3.63) is 57.9 Å². The lowest BCUT2D eigenvalue weighted by atomic mass is 10.1.